The number of aryl methyl sites for hydroxylation is 1. The lowest BCUT2D eigenvalue weighted by Gasteiger charge is -2.19. The van der Waals surface area contributed by atoms with Gasteiger partial charge in [-0.2, -0.15) is 0 Å². The summed E-state index contributed by atoms with van der Waals surface area (Å²) in [5, 5.41) is 21.1. The number of halogens is 1. The molecule has 0 fully saturated rings. The Hall–Kier alpha value is -1.14. The summed E-state index contributed by atoms with van der Waals surface area (Å²) in [7, 11) is 0. The third-order valence-corrected chi connectivity index (χ3v) is 2.90. The lowest BCUT2D eigenvalue weighted by Crippen LogP contribution is -2.37. The van der Waals surface area contributed by atoms with Gasteiger partial charge >= 0.3 is 0 Å². The minimum absolute atomic E-state index is 0.0484. The lowest BCUT2D eigenvalue weighted by molar-refractivity contribution is -0.117. The van der Waals surface area contributed by atoms with Crippen LogP contribution < -0.4 is 5.32 Å². The van der Waals surface area contributed by atoms with Crippen molar-refractivity contribution < 1.29 is 15.0 Å². The van der Waals surface area contributed by atoms with Gasteiger partial charge in [-0.25, -0.2) is 0 Å². The maximum atomic E-state index is 11.9. The maximum absolute atomic E-state index is 11.9. The van der Waals surface area contributed by atoms with Crippen molar-refractivity contribution in [3.8, 4) is 0 Å². The number of carbonyl (C=O) groups excluding carboxylic acids is 1. The Labute approximate surface area is 117 Å². The zero-order valence-electron chi connectivity index (χ0n) is 10.9. The molecule has 6 heteroatoms. The summed E-state index contributed by atoms with van der Waals surface area (Å²) in [6, 6.07) is 5.23. The van der Waals surface area contributed by atoms with E-state index >= 15 is 0 Å². The van der Waals surface area contributed by atoms with E-state index in [0.717, 1.165) is 5.56 Å². The van der Waals surface area contributed by atoms with Gasteiger partial charge < -0.3 is 15.5 Å². The third-order valence-electron chi connectivity index (χ3n) is 2.66. The average Bonchev–Trinajstić information content (AvgIpc) is 2.33. The predicted molar refractivity (Wildman–Crippen MR) is 75.4 cm³/mol. The highest BCUT2D eigenvalue weighted by atomic mass is 35.5. The largest absolute Gasteiger partial charge is 0.395 e. The molecule has 0 radical (unpaired) electrons. The SMILES string of the molecule is Cc1cc(Cl)ccc1NC(=O)CN(CCO)CCO. The van der Waals surface area contributed by atoms with Gasteiger partial charge in [0.2, 0.25) is 5.91 Å². The lowest BCUT2D eigenvalue weighted by atomic mass is 10.2. The summed E-state index contributed by atoms with van der Waals surface area (Å²) in [5.74, 6) is -0.188. The van der Waals surface area contributed by atoms with Gasteiger partial charge in [0, 0.05) is 23.8 Å². The number of amides is 1. The molecule has 1 amide bonds. The summed E-state index contributed by atoms with van der Waals surface area (Å²) >= 11 is 5.84. The molecule has 1 aromatic rings. The first-order valence-corrected chi connectivity index (χ1v) is 6.44. The molecule has 0 spiro atoms. The van der Waals surface area contributed by atoms with Gasteiger partial charge in [0.15, 0.2) is 0 Å². The van der Waals surface area contributed by atoms with Crippen LogP contribution in [0.5, 0.6) is 0 Å². The number of benzene rings is 1. The van der Waals surface area contributed by atoms with Crippen LogP contribution in [-0.2, 0) is 4.79 Å². The van der Waals surface area contributed by atoms with Gasteiger partial charge in [-0.05, 0) is 30.7 Å². The highest BCUT2D eigenvalue weighted by molar-refractivity contribution is 6.30. The minimum Gasteiger partial charge on any atom is -0.395 e. The fraction of sp³-hybridized carbons (Fsp3) is 0.462. The van der Waals surface area contributed by atoms with Crippen LogP contribution in [0.4, 0.5) is 5.69 Å². The van der Waals surface area contributed by atoms with Crippen molar-refractivity contribution in [2.24, 2.45) is 0 Å². The van der Waals surface area contributed by atoms with Gasteiger partial charge in [-0.3, -0.25) is 9.69 Å². The van der Waals surface area contributed by atoms with Crippen LogP contribution in [0.15, 0.2) is 18.2 Å². The Bertz CT molecular complexity index is 420. The number of hydrogen-bond donors (Lipinski definition) is 3. The number of aliphatic hydroxyl groups is 2. The van der Waals surface area contributed by atoms with Gasteiger partial charge in [-0.1, -0.05) is 11.6 Å². The monoisotopic (exact) mass is 286 g/mol. The number of hydrogen-bond acceptors (Lipinski definition) is 4. The van der Waals surface area contributed by atoms with Crippen LogP contribution in [0, 0.1) is 6.92 Å². The number of rotatable bonds is 7. The molecule has 0 aromatic heterocycles. The molecule has 0 saturated heterocycles. The third kappa shape index (κ3) is 5.57. The summed E-state index contributed by atoms with van der Waals surface area (Å²) < 4.78 is 0. The average molecular weight is 287 g/mol. The van der Waals surface area contributed by atoms with Crippen molar-refractivity contribution in [3.63, 3.8) is 0 Å². The predicted octanol–water partition coefficient (Wildman–Crippen LogP) is 0.874. The van der Waals surface area contributed by atoms with Gasteiger partial charge in [0.1, 0.15) is 0 Å². The summed E-state index contributed by atoms with van der Waals surface area (Å²) in [6.07, 6.45) is 0. The van der Waals surface area contributed by atoms with Crippen LogP contribution in [0.3, 0.4) is 0 Å². The van der Waals surface area contributed by atoms with E-state index in [4.69, 9.17) is 21.8 Å². The van der Waals surface area contributed by atoms with Crippen LogP contribution in [0.2, 0.25) is 5.02 Å². The summed E-state index contributed by atoms with van der Waals surface area (Å²) in [4.78, 5) is 13.5. The van der Waals surface area contributed by atoms with E-state index in [1.165, 1.54) is 0 Å². The molecular formula is C13H19ClN2O3. The number of aliphatic hydroxyl groups excluding tert-OH is 2. The zero-order chi connectivity index (χ0) is 14.3. The molecule has 106 valence electrons. The molecule has 0 saturated carbocycles. The van der Waals surface area contributed by atoms with E-state index < -0.39 is 0 Å². The molecule has 1 rings (SSSR count). The van der Waals surface area contributed by atoms with Crippen LogP contribution in [-0.4, -0.2) is 53.9 Å². The van der Waals surface area contributed by atoms with E-state index in [2.05, 4.69) is 5.32 Å². The van der Waals surface area contributed by atoms with Crippen molar-refractivity contribution in [3.05, 3.63) is 28.8 Å². The van der Waals surface area contributed by atoms with Crippen LogP contribution in [0.25, 0.3) is 0 Å². The number of nitrogens with zero attached hydrogens (tertiary/aromatic N) is 1. The second-order valence-electron chi connectivity index (χ2n) is 4.23. The van der Waals surface area contributed by atoms with Gasteiger partial charge in [0.05, 0.1) is 19.8 Å². The molecule has 0 aliphatic heterocycles. The van der Waals surface area contributed by atoms with Crippen molar-refractivity contribution in [2.75, 3.05) is 38.2 Å². The second-order valence-corrected chi connectivity index (χ2v) is 4.67. The Morgan fingerprint density at radius 2 is 1.95 bits per heavy atom. The molecule has 19 heavy (non-hydrogen) atoms. The molecule has 0 aliphatic carbocycles. The second kappa shape index (κ2) is 8.12. The van der Waals surface area contributed by atoms with Crippen molar-refractivity contribution in [2.45, 2.75) is 6.92 Å². The van der Waals surface area contributed by atoms with E-state index in [1.807, 2.05) is 6.92 Å². The van der Waals surface area contributed by atoms with Crippen molar-refractivity contribution >= 4 is 23.2 Å². The molecule has 1 aromatic carbocycles. The first-order valence-electron chi connectivity index (χ1n) is 6.07. The highest BCUT2D eigenvalue weighted by Gasteiger charge is 2.11. The topological polar surface area (TPSA) is 72.8 Å². The molecule has 0 aliphatic rings. The Kier molecular flexibility index (Phi) is 6.80. The molecule has 0 heterocycles. The molecule has 5 nitrogen and oxygen atoms in total. The zero-order valence-corrected chi connectivity index (χ0v) is 11.7. The van der Waals surface area contributed by atoms with Crippen molar-refractivity contribution in [1.29, 1.82) is 0 Å². The molecule has 0 unspecified atom stereocenters. The normalized spacial score (nSPS) is 10.8. The van der Waals surface area contributed by atoms with E-state index in [-0.39, 0.29) is 25.7 Å². The molecule has 3 N–H and O–H groups in total. The summed E-state index contributed by atoms with van der Waals surface area (Å²) in [5.41, 5.74) is 1.60. The quantitative estimate of drug-likeness (QED) is 0.696. The van der Waals surface area contributed by atoms with E-state index in [1.54, 1.807) is 23.1 Å². The fourth-order valence-electron chi connectivity index (χ4n) is 1.71. The standard InChI is InChI=1S/C13H19ClN2O3/c1-10-8-11(14)2-3-12(10)15-13(19)9-16(4-6-17)5-7-18/h2-3,8,17-18H,4-7,9H2,1H3,(H,15,19). The Morgan fingerprint density at radius 1 is 1.32 bits per heavy atom. The van der Waals surface area contributed by atoms with Crippen LogP contribution >= 0.6 is 11.6 Å². The van der Waals surface area contributed by atoms with Crippen molar-refractivity contribution in [1.82, 2.24) is 4.90 Å². The molecule has 0 atom stereocenters. The van der Waals surface area contributed by atoms with Crippen LogP contribution in [0.1, 0.15) is 5.56 Å². The fourth-order valence-corrected chi connectivity index (χ4v) is 1.94. The van der Waals surface area contributed by atoms with Gasteiger partial charge in [-0.15, -0.1) is 0 Å². The maximum Gasteiger partial charge on any atom is 0.238 e. The Balaban J connectivity index is 2.58. The van der Waals surface area contributed by atoms with E-state index in [9.17, 15) is 4.79 Å². The number of anilines is 1. The number of carbonyl (C=O) groups is 1. The minimum atomic E-state index is -0.188. The summed E-state index contributed by atoms with van der Waals surface area (Å²) in [6.45, 7) is 2.60. The smallest absolute Gasteiger partial charge is 0.238 e. The first kappa shape index (κ1) is 15.9. The molecule has 0 bridgehead atoms. The van der Waals surface area contributed by atoms with E-state index in [0.29, 0.717) is 23.8 Å². The highest BCUT2D eigenvalue weighted by Crippen LogP contribution is 2.19. The Morgan fingerprint density at radius 3 is 2.47 bits per heavy atom. The number of nitrogens with one attached hydrogen (secondary N) is 1. The molecular weight excluding hydrogens is 268 g/mol. The van der Waals surface area contributed by atoms with Gasteiger partial charge in [0.25, 0.3) is 0 Å². The first-order chi connectivity index (χ1) is 9.06.